The number of rotatable bonds is 2. The van der Waals surface area contributed by atoms with Crippen LogP contribution in [0.3, 0.4) is 0 Å². The molecule has 0 saturated carbocycles. The van der Waals surface area contributed by atoms with Crippen LogP contribution in [-0.2, 0) is 6.42 Å². The van der Waals surface area contributed by atoms with Crippen LogP contribution in [0.5, 0.6) is 0 Å². The molecule has 0 radical (unpaired) electrons. The Kier molecular flexibility index (Phi) is 2.22. The topological polar surface area (TPSA) is 77.8 Å². The highest BCUT2D eigenvalue weighted by atomic mass is 16.4. The van der Waals surface area contributed by atoms with Crippen LogP contribution in [0.25, 0.3) is 11.2 Å². The second kappa shape index (κ2) is 3.86. The molecule has 0 spiro atoms. The van der Waals surface area contributed by atoms with Gasteiger partial charge in [0.1, 0.15) is 6.33 Å². The number of anilines is 1. The second-order valence-electron chi connectivity index (χ2n) is 3.69. The smallest absolute Gasteiger partial charge is 0.294 e. The zero-order valence-corrected chi connectivity index (χ0v) is 9.00. The number of fused-ring (bicyclic) bond motifs is 1. The van der Waals surface area contributed by atoms with Gasteiger partial charge in [-0.05, 0) is 5.56 Å². The summed E-state index contributed by atoms with van der Waals surface area (Å²) in [5.41, 5.74) is 8.56. The molecular weight excluding hydrogens is 216 g/mol. The van der Waals surface area contributed by atoms with E-state index in [9.17, 15) is 0 Å². The molecule has 1 aromatic carbocycles. The minimum atomic E-state index is 0.120. The molecule has 3 aromatic rings. The molecule has 0 bridgehead atoms. The van der Waals surface area contributed by atoms with Gasteiger partial charge in [0.25, 0.3) is 11.7 Å². The molecule has 0 saturated heterocycles. The van der Waals surface area contributed by atoms with Gasteiger partial charge in [0.15, 0.2) is 5.52 Å². The van der Waals surface area contributed by atoms with Crippen LogP contribution >= 0.6 is 0 Å². The SMILES string of the molecule is Nc1nc2c(Cc3ccccc3)ncnc2o1. The van der Waals surface area contributed by atoms with Gasteiger partial charge in [-0.3, -0.25) is 0 Å². The fraction of sp³-hybridized carbons (Fsp3) is 0.0833. The monoisotopic (exact) mass is 226 g/mol. The summed E-state index contributed by atoms with van der Waals surface area (Å²) in [4.78, 5) is 12.3. The van der Waals surface area contributed by atoms with Gasteiger partial charge in [-0.2, -0.15) is 9.97 Å². The highest BCUT2D eigenvalue weighted by Gasteiger charge is 2.10. The highest BCUT2D eigenvalue weighted by Crippen LogP contribution is 2.18. The number of aromatic nitrogens is 3. The minimum Gasteiger partial charge on any atom is -0.404 e. The molecule has 0 aliphatic heterocycles. The largest absolute Gasteiger partial charge is 0.404 e. The van der Waals surface area contributed by atoms with Crippen LogP contribution in [0.1, 0.15) is 11.3 Å². The molecule has 5 heteroatoms. The molecule has 0 amide bonds. The zero-order valence-electron chi connectivity index (χ0n) is 9.00. The average molecular weight is 226 g/mol. The molecule has 2 aromatic heterocycles. The van der Waals surface area contributed by atoms with Crippen LogP contribution in [0.4, 0.5) is 6.01 Å². The van der Waals surface area contributed by atoms with Crippen LogP contribution in [0, 0.1) is 0 Å². The Hall–Kier alpha value is -2.43. The molecule has 0 aliphatic rings. The maximum atomic E-state index is 5.51. The molecule has 84 valence electrons. The molecule has 5 nitrogen and oxygen atoms in total. The van der Waals surface area contributed by atoms with Crippen molar-refractivity contribution in [2.24, 2.45) is 0 Å². The van der Waals surface area contributed by atoms with Gasteiger partial charge in [0.05, 0.1) is 5.69 Å². The maximum Gasteiger partial charge on any atom is 0.294 e. The van der Waals surface area contributed by atoms with E-state index in [4.69, 9.17) is 10.2 Å². The Bertz CT molecular complexity index is 648. The van der Waals surface area contributed by atoms with E-state index in [2.05, 4.69) is 15.0 Å². The Morgan fingerprint density at radius 1 is 1.12 bits per heavy atom. The summed E-state index contributed by atoms with van der Waals surface area (Å²) in [5, 5.41) is 0. The van der Waals surface area contributed by atoms with Crippen molar-refractivity contribution in [2.75, 3.05) is 5.73 Å². The van der Waals surface area contributed by atoms with E-state index < -0.39 is 0 Å². The van der Waals surface area contributed by atoms with Crippen LogP contribution in [0.2, 0.25) is 0 Å². The lowest BCUT2D eigenvalue weighted by Crippen LogP contribution is -1.94. The lowest BCUT2D eigenvalue weighted by molar-refractivity contribution is 0.613. The van der Waals surface area contributed by atoms with E-state index in [1.54, 1.807) is 0 Å². The van der Waals surface area contributed by atoms with Crippen molar-refractivity contribution >= 4 is 17.2 Å². The summed E-state index contributed by atoms with van der Waals surface area (Å²) in [5.74, 6) is 0. The lowest BCUT2D eigenvalue weighted by atomic mass is 10.1. The highest BCUT2D eigenvalue weighted by molar-refractivity contribution is 5.72. The summed E-state index contributed by atoms with van der Waals surface area (Å²) in [6, 6.07) is 10.2. The van der Waals surface area contributed by atoms with Crippen molar-refractivity contribution in [1.82, 2.24) is 15.0 Å². The first kappa shape index (κ1) is 9.77. The van der Waals surface area contributed by atoms with Gasteiger partial charge in [-0.25, -0.2) is 4.98 Å². The first-order valence-corrected chi connectivity index (χ1v) is 5.23. The van der Waals surface area contributed by atoms with E-state index in [0.29, 0.717) is 17.7 Å². The Labute approximate surface area is 97.3 Å². The van der Waals surface area contributed by atoms with Gasteiger partial charge in [-0.1, -0.05) is 30.3 Å². The Balaban J connectivity index is 2.06. The molecule has 0 fully saturated rings. The van der Waals surface area contributed by atoms with Crippen molar-refractivity contribution in [1.29, 1.82) is 0 Å². The molecule has 0 atom stereocenters. The number of hydrogen-bond donors (Lipinski definition) is 1. The predicted molar refractivity (Wildman–Crippen MR) is 63.3 cm³/mol. The van der Waals surface area contributed by atoms with Gasteiger partial charge >= 0.3 is 0 Å². The zero-order chi connectivity index (χ0) is 11.7. The molecule has 2 heterocycles. The lowest BCUT2D eigenvalue weighted by Gasteiger charge is -2.00. The molecule has 0 unspecified atom stereocenters. The van der Waals surface area contributed by atoms with Gasteiger partial charge < -0.3 is 10.2 Å². The molecule has 3 rings (SSSR count). The van der Waals surface area contributed by atoms with E-state index in [0.717, 1.165) is 11.3 Å². The number of nitrogens with zero attached hydrogens (tertiary/aromatic N) is 3. The quantitative estimate of drug-likeness (QED) is 0.720. The molecule has 2 N–H and O–H groups in total. The summed E-state index contributed by atoms with van der Waals surface area (Å²) in [7, 11) is 0. The van der Waals surface area contributed by atoms with E-state index in [-0.39, 0.29) is 6.01 Å². The third kappa shape index (κ3) is 1.82. The van der Waals surface area contributed by atoms with Crippen molar-refractivity contribution in [3.05, 3.63) is 47.9 Å². The van der Waals surface area contributed by atoms with Gasteiger partial charge in [0, 0.05) is 6.42 Å². The van der Waals surface area contributed by atoms with Crippen molar-refractivity contribution < 1.29 is 4.42 Å². The number of nitrogens with two attached hydrogens (primary N) is 1. The summed E-state index contributed by atoms with van der Waals surface area (Å²) >= 11 is 0. The van der Waals surface area contributed by atoms with Crippen molar-refractivity contribution in [3.63, 3.8) is 0 Å². The second-order valence-corrected chi connectivity index (χ2v) is 3.69. The van der Waals surface area contributed by atoms with Crippen LogP contribution in [0.15, 0.2) is 41.1 Å². The number of nitrogen functional groups attached to an aromatic ring is 1. The standard InChI is InChI=1S/C12H10N4O/c13-12-16-10-9(14-7-15-11(10)17-12)6-8-4-2-1-3-5-8/h1-5,7H,6H2,(H2,13,16). The van der Waals surface area contributed by atoms with E-state index in [1.165, 1.54) is 6.33 Å². The maximum absolute atomic E-state index is 5.51. The Morgan fingerprint density at radius 2 is 1.94 bits per heavy atom. The van der Waals surface area contributed by atoms with Crippen LogP contribution in [-0.4, -0.2) is 15.0 Å². The first-order valence-electron chi connectivity index (χ1n) is 5.23. The third-order valence-electron chi connectivity index (χ3n) is 2.50. The number of oxazole rings is 1. The van der Waals surface area contributed by atoms with Crippen molar-refractivity contribution in [2.45, 2.75) is 6.42 Å². The number of benzene rings is 1. The molecular formula is C12H10N4O. The van der Waals surface area contributed by atoms with Gasteiger partial charge in [-0.15, -0.1) is 0 Å². The Morgan fingerprint density at radius 3 is 2.76 bits per heavy atom. The minimum absolute atomic E-state index is 0.120. The predicted octanol–water partition coefficient (Wildman–Crippen LogP) is 1.79. The van der Waals surface area contributed by atoms with E-state index >= 15 is 0 Å². The van der Waals surface area contributed by atoms with Crippen LogP contribution < -0.4 is 5.73 Å². The molecule has 17 heavy (non-hydrogen) atoms. The fourth-order valence-electron chi connectivity index (χ4n) is 1.73. The number of hydrogen-bond acceptors (Lipinski definition) is 5. The van der Waals surface area contributed by atoms with Crippen molar-refractivity contribution in [3.8, 4) is 0 Å². The van der Waals surface area contributed by atoms with E-state index in [1.807, 2.05) is 30.3 Å². The fourth-order valence-corrected chi connectivity index (χ4v) is 1.73. The average Bonchev–Trinajstić information content (AvgIpc) is 2.72. The normalized spacial score (nSPS) is 10.8. The third-order valence-corrected chi connectivity index (χ3v) is 2.50. The van der Waals surface area contributed by atoms with Gasteiger partial charge in [0.2, 0.25) is 0 Å². The summed E-state index contributed by atoms with van der Waals surface area (Å²) < 4.78 is 5.16. The first-order chi connectivity index (χ1) is 8.33. The summed E-state index contributed by atoms with van der Waals surface area (Å²) in [6.45, 7) is 0. The summed E-state index contributed by atoms with van der Waals surface area (Å²) in [6.07, 6.45) is 2.15. The molecule has 0 aliphatic carbocycles.